The van der Waals surface area contributed by atoms with Crippen molar-refractivity contribution in [2.45, 2.75) is 44.6 Å². The number of hydrogen-bond donors (Lipinski definition) is 1. The van der Waals surface area contributed by atoms with Crippen molar-refractivity contribution >= 4 is 51.9 Å². The van der Waals surface area contributed by atoms with Crippen LogP contribution in [0.5, 0.6) is 0 Å². The van der Waals surface area contributed by atoms with E-state index in [1.165, 1.54) is 32.1 Å². The van der Waals surface area contributed by atoms with Crippen LogP contribution in [0.4, 0.5) is 0 Å². The van der Waals surface area contributed by atoms with Gasteiger partial charge in [-0.25, -0.2) is 0 Å². The van der Waals surface area contributed by atoms with Gasteiger partial charge in [0, 0.05) is 0 Å². The van der Waals surface area contributed by atoms with Crippen molar-refractivity contribution < 1.29 is 0 Å². The van der Waals surface area contributed by atoms with Gasteiger partial charge in [0.05, 0.1) is 0 Å². The summed E-state index contributed by atoms with van der Waals surface area (Å²) in [5, 5.41) is 0. The monoisotopic (exact) mass is 278 g/mol. The molecule has 0 heterocycles. The molecule has 0 nitrogen and oxygen atoms in total. The van der Waals surface area contributed by atoms with Crippen LogP contribution >= 0.6 is 45.9 Å². The van der Waals surface area contributed by atoms with E-state index in [1.54, 1.807) is 0 Å². The van der Waals surface area contributed by atoms with E-state index in [0.29, 0.717) is 0 Å². The van der Waals surface area contributed by atoms with Gasteiger partial charge in [-0.3, -0.25) is 0 Å². The highest BCUT2D eigenvalue weighted by Crippen LogP contribution is 2.27. The van der Waals surface area contributed by atoms with Gasteiger partial charge < -0.3 is 0 Å². The second-order valence-electron chi connectivity index (χ2n) is 3.21. The minimum absolute atomic E-state index is 0.810. The summed E-state index contributed by atoms with van der Waals surface area (Å²) in [6, 6.07) is -1.52. The van der Waals surface area contributed by atoms with Crippen molar-refractivity contribution in [2.75, 3.05) is 5.75 Å². The molecule has 80 valence electrons. The molecular weight excluding hydrogens is 263 g/mol. The molecule has 5 heteroatoms. The van der Waals surface area contributed by atoms with Gasteiger partial charge in [-0.2, -0.15) is 12.6 Å². The molecule has 0 amide bonds. The Hall–Kier alpha value is 1.44. The Morgan fingerprint density at radius 3 is 1.69 bits per heavy atom. The van der Waals surface area contributed by atoms with Gasteiger partial charge >= 0.3 is 6.00 Å². The minimum Gasteiger partial charge on any atom is -0.179 e. The molecular formula is C8H17Cl3SSi. The summed E-state index contributed by atoms with van der Waals surface area (Å²) in [5.74, 6) is 1.00. The van der Waals surface area contributed by atoms with Gasteiger partial charge in [0.1, 0.15) is 0 Å². The number of thiol groups is 1. The lowest BCUT2D eigenvalue weighted by Crippen LogP contribution is -2.07. The van der Waals surface area contributed by atoms with Crippen molar-refractivity contribution in [1.29, 1.82) is 0 Å². The second-order valence-corrected chi connectivity index (χ2v) is 12.9. The van der Waals surface area contributed by atoms with Crippen LogP contribution in [-0.4, -0.2) is 11.8 Å². The molecule has 0 aromatic carbocycles. The Bertz CT molecular complexity index is 116. The van der Waals surface area contributed by atoms with Gasteiger partial charge in [-0.1, -0.05) is 32.1 Å². The van der Waals surface area contributed by atoms with Crippen LogP contribution in [0.2, 0.25) is 6.04 Å². The molecule has 0 spiro atoms. The highest BCUT2D eigenvalue weighted by Gasteiger charge is 2.23. The van der Waals surface area contributed by atoms with Gasteiger partial charge in [0.15, 0.2) is 0 Å². The van der Waals surface area contributed by atoms with Gasteiger partial charge in [0.25, 0.3) is 0 Å². The van der Waals surface area contributed by atoms with Crippen LogP contribution in [0.25, 0.3) is 0 Å². The summed E-state index contributed by atoms with van der Waals surface area (Å²) >= 11 is 21.4. The average molecular weight is 280 g/mol. The van der Waals surface area contributed by atoms with Crippen LogP contribution in [0.3, 0.4) is 0 Å². The summed E-state index contributed by atoms with van der Waals surface area (Å²) in [6.07, 6.45) is 7.35. The van der Waals surface area contributed by atoms with E-state index in [2.05, 4.69) is 12.6 Å². The Morgan fingerprint density at radius 2 is 1.23 bits per heavy atom. The first-order valence-corrected chi connectivity index (χ1v) is 10.6. The average Bonchev–Trinajstić information content (AvgIpc) is 2.01. The number of hydrogen-bond acceptors (Lipinski definition) is 1. The van der Waals surface area contributed by atoms with Crippen LogP contribution < -0.4 is 0 Å². The Kier molecular flexibility index (Phi) is 9.69. The lowest BCUT2D eigenvalue weighted by atomic mass is 10.1. The normalized spacial score (nSPS) is 12.0. The fraction of sp³-hybridized carbons (Fsp3) is 1.00. The molecule has 0 rings (SSSR count). The van der Waals surface area contributed by atoms with E-state index >= 15 is 0 Å². The predicted molar refractivity (Wildman–Crippen MR) is 69.7 cm³/mol. The maximum Gasteiger partial charge on any atom is 0.341 e. The first-order chi connectivity index (χ1) is 6.06. The molecule has 0 saturated heterocycles. The smallest absolute Gasteiger partial charge is 0.179 e. The lowest BCUT2D eigenvalue weighted by molar-refractivity contribution is 0.626. The third-order valence-corrected chi connectivity index (χ3v) is 4.81. The van der Waals surface area contributed by atoms with Crippen molar-refractivity contribution in [1.82, 2.24) is 0 Å². The van der Waals surface area contributed by atoms with Gasteiger partial charge in [-0.15, -0.1) is 33.2 Å². The second kappa shape index (κ2) is 8.72. The van der Waals surface area contributed by atoms with Crippen molar-refractivity contribution in [3.63, 3.8) is 0 Å². The Labute approximate surface area is 102 Å². The van der Waals surface area contributed by atoms with Crippen molar-refractivity contribution in [3.05, 3.63) is 0 Å². The summed E-state index contributed by atoms with van der Waals surface area (Å²) in [5.41, 5.74) is 0. The Balaban J connectivity index is 3.00. The number of halogens is 3. The van der Waals surface area contributed by atoms with E-state index in [9.17, 15) is 0 Å². The fourth-order valence-electron chi connectivity index (χ4n) is 1.14. The largest absolute Gasteiger partial charge is 0.341 e. The standard InChI is InChI=1S/C8H17Cl3SSi/c9-13(10,11)8-6-4-2-1-3-5-7-12/h12H,1-8H2. The molecule has 0 atom stereocenters. The first-order valence-electron chi connectivity index (χ1n) is 4.74. The van der Waals surface area contributed by atoms with Crippen LogP contribution in [0.1, 0.15) is 38.5 Å². The molecule has 0 radical (unpaired) electrons. The van der Waals surface area contributed by atoms with Crippen molar-refractivity contribution in [2.24, 2.45) is 0 Å². The maximum absolute atomic E-state index is 5.76. The topological polar surface area (TPSA) is 0 Å². The molecule has 0 aliphatic rings. The molecule has 0 saturated carbocycles. The summed E-state index contributed by atoms with van der Waals surface area (Å²) < 4.78 is 0. The zero-order chi connectivity index (χ0) is 10.2. The van der Waals surface area contributed by atoms with E-state index in [-0.39, 0.29) is 0 Å². The molecule has 0 N–H and O–H groups in total. The van der Waals surface area contributed by atoms with E-state index in [1.807, 2.05) is 0 Å². The molecule has 0 bridgehead atoms. The first kappa shape index (κ1) is 14.4. The molecule has 0 aliphatic heterocycles. The number of unbranched alkanes of at least 4 members (excludes halogenated alkanes) is 5. The zero-order valence-electron chi connectivity index (χ0n) is 7.74. The molecule has 0 aromatic heterocycles. The van der Waals surface area contributed by atoms with Crippen LogP contribution in [0, 0.1) is 0 Å². The van der Waals surface area contributed by atoms with E-state index < -0.39 is 6.00 Å². The van der Waals surface area contributed by atoms with Crippen LogP contribution in [-0.2, 0) is 0 Å². The zero-order valence-corrected chi connectivity index (χ0v) is 11.9. The Morgan fingerprint density at radius 1 is 0.769 bits per heavy atom. The third kappa shape index (κ3) is 13.4. The highest BCUT2D eigenvalue weighted by atomic mass is 35.8. The van der Waals surface area contributed by atoms with Crippen molar-refractivity contribution in [3.8, 4) is 0 Å². The van der Waals surface area contributed by atoms with E-state index in [0.717, 1.165) is 18.2 Å². The number of rotatable bonds is 8. The summed E-state index contributed by atoms with van der Waals surface area (Å²) in [6.45, 7) is 0. The van der Waals surface area contributed by atoms with Gasteiger partial charge in [0.2, 0.25) is 0 Å². The predicted octanol–water partition coefficient (Wildman–Crippen LogP) is 4.91. The third-order valence-electron chi connectivity index (χ3n) is 1.87. The highest BCUT2D eigenvalue weighted by molar-refractivity contribution is 7.80. The molecule has 13 heavy (non-hydrogen) atoms. The van der Waals surface area contributed by atoms with Gasteiger partial charge in [-0.05, 0) is 18.2 Å². The summed E-state index contributed by atoms with van der Waals surface area (Å²) in [4.78, 5) is 0. The lowest BCUT2D eigenvalue weighted by Gasteiger charge is -2.06. The molecule has 0 fully saturated rings. The van der Waals surface area contributed by atoms with E-state index in [4.69, 9.17) is 33.2 Å². The quantitative estimate of drug-likeness (QED) is 0.277. The fourth-order valence-corrected chi connectivity index (χ4v) is 3.22. The molecule has 0 unspecified atom stereocenters. The van der Waals surface area contributed by atoms with Crippen LogP contribution in [0.15, 0.2) is 0 Å². The SMILES string of the molecule is SCCCCCCCC[Si](Cl)(Cl)Cl. The minimum atomic E-state index is -2.33. The molecule has 0 aromatic rings. The maximum atomic E-state index is 5.76. The summed E-state index contributed by atoms with van der Waals surface area (Å²) in [7, 11) is 0. The molecule has 0 aliphatic carbocycles.